The Kier molecular flexibility index (Phi) is 45.7. The Morgan fingerprint density at radius 3 is 1.12 bits per heavy atom. The summed E-state index contributed by atoms with van der Waals surface area (Å²) in [4.78, 5) is 63.6. The van der Waals surface area contributed by atoms with Crippen molar-refractivity contribution in [3.8, 4) is 12.3 Å². The standard InChI is InChI=1S/C58H103N5O32/c1-2-41(67)59-10-5-3-4-6-44(70)63-58(9-16-87-35-45(71)62-13-19-83-22-25-86-28-31-92-57-54(80)51(77)48(74)40(34-66)95-57,36-88-14-7-42(68)60-11-17-81-20-23-84-26-29-90-55-52(78)49(75)46(72)38(32-64)93-55)37-89-15-8-43(69)61-12-18-82-21-24-85-27-30-91-56-53(79)50(76)47(73)39(33-65)94-56/h1,38-40,46-57,64-66,72-80H,3-37H2,(H,59,67)(H,60,68)(H,61,69)(H,62,71)(H,63,70)/t38?,39?,40?,46-,47-,48-,49?,50?,51?,52-,53-,54-,55+,56+,57+,58?/m1/s1. The summed E-state index contributed by atoms with van der Waals surface area (Å²) in [7, 11) is 0. The zero-order valence-electron chi connectivity index (χ0n) is 53.5. The van der Waals surface area contributed by atoms with E-state index >= 15 is 0 Å². The summed E-state index contributed by atoms with van der Waals surface area (Å²) in [5.41, 5.74) is -1.33. The van der Waals surface area contributed by atoms with Crippen LogP contribution in [-0.2, 0) is 95.0 Å². The largest absolute Gasteiger partial charge is 0.394 e. The number of terminal acetylenes is 1. The first-order valence-corrected chi connectivity index (χ1v) is 31.6. The van der Waals surface area contributed by atoms with Crippen LogP contribution in [0.25, 0.3) is 0 Å². The Balaban J connectivity index is 1.47. The lowest BCUT2D eigenvalue weighted by molar-refractivity contribution is -0.302. The molecule has 15 atom stereocenters. The molecule has 0 spiro atoms. The third-order valence-electron chi connectivity index (χ3n) is 14.5. The molecule has 37 heteroatoms. The van der Waals surface area contributed by atoms with Gasteiger partial charge in [0.05, 0.1) is 151 Å². The molecule has 0 radical (unpaired) electrons. The number of nitrogens with one attached hydrogen (secondary N) is 5. The van der Waals surface area contributed by atoms with Gasteiger partial charge in [-0.05, 0) is 25.2 Å². The van der Waals surface area contributed by atoms with Crippen LogP contribution in [0.5, 0.6) is 0 Å². The Bertz CT molecular complexity index is 1920. The third-order valence-corrected chi connectivity index (χ3v) is 14.5. The molecule has 17 N–H and O–H groups in total. The summed E-state index contributed by atoms with van der Waals surface area (Å²) in [5, 5.41) is 131. The van der Waals surface area contributed by atoms with Gasteiger partial charge in [0.1, 0.15) is 79.9 Å². The van der Waals surface area contributed by atoms with E-state index in [9.17, 15) is 85.3 Å². The van der Waals surface area contributed by atoms with Gasteiger partial charge in [-0.15, -0.1) is 6.42 Å². The summed E-state index contributed by atoms with van der Waals surface area (Å²) in [6.45, 7) is -0.910. The second-order valence-electron chi connectivity index (χ2n) is 21.9. The van der Waals surface area contributed by atoms with E-state index in [0.717, 1.165) is 0 Å². The van der Waals surface area contributed by atoms with Crippen molar-refractivity contribution < 1.29 is 156 Å². The van der Waals surface area contributed by atoms with E-state index in [0.29, 0.717) is 25.8 Å². The zero-order valence-corrected chi connectivity index (χ0v) is 53.5. The molecule has 0 aromatic rings. The first-order chi connectivity index (χ1) is 45.8. The third kappa shape index (κ3) is 34.9. The van der Waals surface area contributed by atoms with Crippen LogP contribution in [0.4, 0.5) is 0 Å². The second kappa shape index (κ2) is 51.1. The highest BCUT2D eigenvalue weighted by atomic mass is 16.7. The second-order valence-corrected chi connectivity index (χ2v) is 21.9. The molecule has 37 nitrogen and oxygen atoms in total. The molecule has 3 aliphatic rings. The fraction of sp³-hybridized carbons (Fsp3) is 0.879. The number of ether oxygens (including phenoxy) is 15. The smallest absolute Gasteiger partial charge is 0.295 e. The molecule has 0 saturated carbocycles. The summed E-state index contributed by atoms with van der Waals surface area (Å²) in [6, 6.07) is 0. The van der Waals surface area contributed by atoms with Gasteiger partial charge in [0.15, 0.2) is 18.9 Å². The molecule has 0 bridgehead atoms. The number of aliphatic hydroxyl groups excluding tert-OH is 12. The summed E-state index contributed by atoms with van der Waals surface area (Å²) >= 11 is 0. The van der Waals surface area contributed by atoms with Crippen molar-refractivity contribution >= 4 is 29.5 Å². The van der Waals surface area contributed by atoms with Crippen molar-refractivity contribution in [1.29, 1.82) is 0 Å². The van der Waals surface area contributed by atoms with E-state index < -0.39 is 135 Å². The molecular weight excluding hydrogens is 1280 g/mol. The average Bonchev–Trinajstić information content (AvgIpc) is 0.859. The quantitative estimate of drug-likeness (QED) is 0.0199. The van der Waals surface area contributed by atoms with Gasteiger partial charge in [0, 0.05) is 52.0 Å². The highest BCUT2D eigenvalue weighted by Crippen LogP contribution is 2.25. The van der Waals surface area contributed by atoms with Crippen LogP contribution >= 0.6 is 0 Å². The summed E-state index contributed by atoms with van der Waals surface area (Å²) in [5.74, 6) is -0.235. The molecule has 6 unspecified atom stereocenters. The number of carbonyl (C=O) groups is 5. The molecule has 0 aromatic heterocycles. The van der Waals surface area contributed by atoms with Crippen molar-refractivity contribution in [1.82, 2.24) is 26.6 Å². The topological polar surface area (TPSA) is 527 Å². The van der Waals surface area contributed by atoms with Crippen molar-refractivity contribution in [2.45, 2.75) is 143 Å². The number of amides is 5. The number of rotatable bonds is 55. The van der Waals surface area contributed by atoms with Crippen LogP contribution in [0.2, 0.25) is 0 Å². The van der Waals surface area contributed by atoms with E-state index in [2.05, 4.69) is 26.6 Å². The normalized spacial score (nSPS) is 26.7. The Labute approximate surface area is 550 Å². The van der Waals surface area contributed by atoms with E-state index in [4.69, 9.17) is 77.5 Å². The monoisotopic (exact) mass is 1380 g/mol. The van der Waals surface area contributed by atoms with Crippen LogP contribution in [0, 0.1) is 12.3 Å². The minimum atomic E-state index is -1.58. The lowest BCUT2D eigenvalue weighted by Crippen LogP contribution is -2.59. The number of hydrogen-bond acceptors (Lipinski definition) is 32. The lowest BCUT2D eigenvalue weighted by Gasteiger charge is -2.39. The maximum atomic E-state index is 13.6. The Morgan fingerprint density at radius 1 is 0.368 bits per heavy atom. The molecule has 95 heavy (non-hydrogen) atoms. The summed E-state index contributed by atoms with van der Waals surface area (Å²) < 4.78 is 82.6. The van der Waals surface area contributed by atoms with Gasteiger partial charge in [-0.3, -0.25) is 24.0 Å². The molecule has 3 heterocycles. The molecule has 3 saturated heterocycles. The minimum absolute atomic E-state index is 0.0257. The Morgan fingerprint density at radius 2 is 0.737 bits per heavy atom. The van der Waals surface area contributed by atoms with Crippen LogP contribution < -0.4 is 26.6 Å². The van der Waals surface area contributed by atoms with Crippen molar-refractivity contribution in [3.63, 3.8) is 0 Å². The number of hydrogen-bond donors (Lipinski definition) is 17. The molecule has 3 aliphatic heterocycles. The van der Waals surface area contributed by atoms with Gasteiger partial charge in [0.2, 0.25) is 23.6 Å². The number of carbonyl (C=O) groups excluding carboxylic acids is 5. The highest BCUT2D eigenvalue weighted by Gasteiger charge is 2.46. The van der Waals surface area contributed by atoms with E-state index in [1.54, 1.807) is 0 Å². The van der Waals surface area contributed by atoms with Crippen molar-refractivity contribution in [3.05, 3.63) is 0 Å². The van der Waals surface area contributed by atoms with Crippen LogP contribution in [-0.4, -0.2) is 373 Å². The number of unbranched alkanes of at least 4 members (excludes halogenated alkanes) is 2. The predicted molar refractivity (Wildman–Crippen MR) is 321 cm³/mol. The van der Waals surface area contributed by atoms with Crippen molar-refractivity contribution in [2.75, 3.05) is 185 Å². The maximum absolute atomic E-state index is 13.6. The molecule has 5 amide bonds. The predicted octanol–water partition coefficient (Wildman–Crippen LogP) is -9.73. The summed E-state index contributed by atoms with van der Waals surface area (Å²) in [6.07, 6.45) is -14.6. The van der Waals surface area contributed by atoms with Crippen molar-refractivity contribution in [2.24, 2.45) is 0 Å². The van der Waals surface area contributed by atoms with Gasteiger partial charge in [-0.1, -0.05) is 6.42 Å². The first kappa shape index (κ1) is 85.1. The minimum Gasteiger partial charge on any atom is -0.394 e. The molecule has 0 aliphatic carbocycles. The molecule has 0 aromatic carbocycles. The zero-order chi connectivity index (χ0) is 69.6. The van der Waals surface area contributed by atoms with Crippen LogP contribution in [0.3, 0.4) is 0 Å². The van der Waals surface area contributed by atoms with Crippen LogP contribution in [0.15, 0.2) is 0 Å². The van der Waals surface area contributed by atoms with Gasteiger partial charge < -0.3 is 159 Å². The highest BCUT2D eigenvalue weighted by molar-refractivity contribution is 5.92. The van der Waals surface area contributed by atoms with E-state index in [-0.39, 0.29) is 196 Å². The van der Waals surface area contributed by atoms with Crippen LogP contribution in [0.1, 0.15) is 44.9 Å². The average molecular weight is 1380 g/mol. The van der Waals surface area contributed by atoms with Gasteiger partial charge >= 0.3 is 0 Å². The van der Waals surface area contributed by atoms with Gasteiger partial charge in [0.25, 0.3) is 5.91 Å². The Hall–Kier alpha value is -4.17. The molecule has 552 valence electrons. The lowest BCUT2D eigenvalue weighted by atomic mass is 9.96. The van der Waals surface area contributed by atoms with Gasteiger partial charge in [-0.25, -0.2) is 0 Å². The molecule has 3 rings (SSSR count). The molecular formula is C58H103N5O32. The molecule has 3 fully saturated rings. The van der Waals surface area contributed by atoms with E-state index in [1.165, 1.54) is 0 Å². The SMILES string of the molecule is C#CC(=O)NCCCCCC(=O)NC(CCOCC(=O)NCCOCCOCCO[C@H]1OC(CO)[C@@H](O)C(O)[C@H]1O)(COCCC(=O)NCCOCCOCCO[C@H]1OC(CO)[C@@H](O)C(O)[C@H]1O)COCCC(=O)NCCOCCOCCO[C@H]1OC(CO)[C@@H](O)C(O)[C@H]1O. The van der Waals surface area contributed by atoms with E-state index in [1.807, 2.05) is 5.92 Å². The fourth-order valence-electron chi connectivity index (χ4n) is 9.08. The maximum Gasteiger partial charge on any atom is 0.295 e. The fourth-order valence-corrected chi connectivity index (χ4v) is 9.08. The number of aliphatic hydroxyl groups is 12. The van der Waals surface area contributed by atoms with Gasteiger partial charge in [-0.2, -0.15) is 0 Å². The first-order valence-electron chi connectivity index (χ1n) is 31.6.